The smallest absolute Gasteiger partial charge is 0.243 e. The molecule has 4 rings (SSSR count). The topological polar surface area (TPSA) is 79.4 Å². The molecule has 2 heterocycles. The zero-order valence-electron chi connectivity index (χ0n) is 15.1. The van der Waals surface area contributed by atoms with E-state index in [0.29, 0.717) is 18.0 Å². The Hall–Kier alpha value is -1.88. The van der Waals surface area contributed by atoms with Crippen molar-refractivity contribution >= 4 is 58.5 Å². The van der Waals surface area contributed by atoms with Crippen LogP contribution >= 0.6 is 27.3 Å². The van der Waals surface area contributed by atoms with Gasteiger partial charge in [0.2, 0.25) is 15.9 Å². The van der Waals surface area contributed by atoms with E-state index in [0.717, 1.165) is 26.8 Å². The summed E-state index contributed by atoms with van der Waals surface area (Å²) < 4.78 is 41.7. The van der Waals surface area contributed by atoms with Crippen molar-refractivity contribution in [2.45, 2.75) is 17.7 Å². The second-order valence-corrected chi connectivity index (χ2v) is 10.6. The molecule has 0 radical (unpaired) electrons. The maximum absolute atomic E-state index is 13.1. The van der Waals surface area contributed by atoms with E-state index in [-0.39, 0.29) is 29.8 Å². The molecular formula is C19H17BrFN3O3S2. The average molecular weight is 498 g/mol. The molecule has 1 N–H and O–H groups in total. The number of rotatable bonds is 4. The van der Waals surface area contributed by atoms with E-state index >= 15 is 0 Å². The number of piperidine rings is 1. The molecule has 1 aromatic heterocycles. The van der Waals surface area contributed by atoms with Gasteiger partial charge in [-0.05, 0) is 55.3 Å². The van der Waals surface area contributed by atoms with E-state index in [9.17, 15) is 17.6 Å². The Labute approximate surface area is 179 Å². The molecule has 3 aromatic rings. The first-order chi connectivity index (χ1) is 13.8. The molecule has 0 spiro atoms. The normalized spacial score (nSPS) is 16.2. The summed E-state index contributed by atoms with van der Waals surface area (Å²) >= 11 is 4.81. The number of fused-ring (bicyclic) bond motifs is 1. The molecule has 1 aliphatic heterocycles. The number of carbonyl (C=O) groups excluding carboxylic acids is 1. The SMILES string of the molecule is O=C(Nc1nc2ccc(Br)cc2s1)C1CCN(S(=O)(=O)c2ccc(F)cc2)CC1. The lowest BCUT2D eigenvalue weighted by Crippen LogP contribution is -2.41. The molecular weight excluding hydrogens is 481 g/mol. The number of anilines is 1. The highest BCUT2D eigenvalue weighted by atomic mass is 79.9. The third-order valence-corrected chi connectivity index (χ3v) is 8.20. The van der Waals surface area contributed by atoms with Gasteiger partial charge >= 0.3 is 0 Å². The summed E-state index contributed by atoms with van der Waals surface area (Å²) in [6, 6.07) is 10.5. The molecule has 0 aliphatic carbocycles. The summed E-state index contributed by atoms with van der Waals surface area (Å²) in [5.41, 5.74) is 0.814. The van der Waals surface area contributed by atoms with Gasteiger partial charge in [0, 0.05) is 23.5 Å². The van der Waals surface area contributed by atoms with Crippen LogP contribution in [0, 0.1) is 11.7 Å². The third-order valence-electron chi connectivity index (χ3n) is 4.86. The number of nitrogens with one attached hydrogen (secondary N) is 1. The van der Waals surface area contributed by atoms with Gasteiger partial charge in [-0.25, -0.2) is 17.8 Å². The van der Waals surface area contributed by atoms with E-state index < -0.39 is 15.8 Å². The number of hydrogen-bond acceptors (Lipinski definition) is 5. The molecule has 2 aromatic carbocycles. The van der Waals surface area contributed by atoms with Gasteiger partial charge in [-0.3, -0.25) is 4.79 Å². The van der Waals surface area contributed by atoms with E-state index in [2.05, 4.69) is 26.2 Å². The molecule has 1 aliphatic rings. The molecule has 1 saturated heterocycles. The van der Waals surface area contributed by atoms with Crippen molar-refractivity contribution in [3.63, 3.8) is 0 Å². The summed E-state index contributed by atoms with van der Waals surface area (Å²) in [7, 11) is -3.69. The first-order valence-corrected chi connectivity index (χ1v) is 12.0. The number of aromatic nitrogens is 1. The number of nitrogens with zero attached hydrogens (tertiary/aromatic N) is 2. The maximum Gasteiger partial charge on any atom is 0.243 e. The van der Waals surface area contributed by atoms with Gasteiger partial charge < -0.3 is 5.32 Å². The van der Waals surface area contributed by atoms with Crippen molar-refractivity contribution in [3.8, 4) is 0 Å². The predicted octanol–water partition coefficient (Wildman–Crippen LogP) is 4.24. The van der Waals surface area contributed by atoms with Crippen LogP contribution in [0.15, 0.2) is 51.8 Å². The Kier molecular flexibility index (Phi) is 5.69. The van der Waals surface area contributed by atoms with Gasteiger partial charge in [0.25, 0.3) is 0 Å². The first-order valence-electron chi connectivity index (χ1n) is 8.95. The Bertz CT molecular complexity index is 1160. The number of benzene rings is 2. The number of amides is 1. The molecule has 0 unspecified atom stereocenters. The van der Waals surface area contributed by atoms with Crippen molar-refractivity contribution in [1.82, 2.24) is 9.29 Å². The van der Waals surface area contributed by atoms with Crippen LogP contribution < -0.4 is 5.32 Å². The van der Waals surface area contributed by atoms with E-state index in [1.54, 1.807) is 0 Å². The number of sulfonamides is 1. The van der Waals surface area contributed by atoms with Gasteiger partial charge in [0.1, 0.15) is 5.82 Å². The van der Waals surface area contributed by atoms with Crippen molar-refractivity contribution < 1.29 is 17.6 Å². The summed E-state index contributed by atoms with van der Waals surface area (Å²) in [6.07, 6.45) is 0.839. The van der Waals surface area contributed by atoms with Gasteiger partial charge in [-0.15, -0.1) is 0 Å². The van der Waals surface area contributed by atoms with E-state index in [1.807, 2.05) is 18.2 Å². The number of hydrogen-bond donors (Lipinski definition) is 1. The highest BCUT2D eigenvalue weighted by Crippen LogP contribution is 2.30. The second-order valence-electron chi connectivity index (χ2n) is 6.75. The lowest BCUT2D eigenvalue weighted by molar-refractivity contribution is -0.120. The lowest BCUT2D eigenvalue weighted by Gasteiger charge is -2.30. The first kappa shape index (κ1) is 20.4. The van der Waals surface area contributed by atoms with Crippen LogP contribution in [0.3, 0.4) is 0 Å². The largest absolute Gasteiger partial charge is 0.302 e. The van der Waals surface area contributed by atoms with Crippen molar-refractivity contribution in [2.75, 3.05) is 18.4 Å². The second kappa shape index (κ2) is 8.10. The van der Waals surface area contributed by atoms with Gasteiger partial charge in [-0.1, -0.05) is 27.3 Å². The fourth-order valence-corrected chi connectivity index (χ4v) is 6.16. The van der Waals surface area contributed by atoms with Crippen LogP contribution in [0.2, 0.25) is 0 Å². The zero-order chi connectivity index (χ0) is 20.6. The maximum atomic E-state index is 13.1. The molecule has 1 amide bonds. The third kappa shape index (κ3) is 4.35. The molecule has 0 bridgehead atoms. The average Bonchev–Trinajstić information content (AvgIpc) is 3.09. The number of thiazole rings is 1. The Morgan fingerprint density at radius 2 is 1.86 bits per heavy atom. The minimum atomic E-state index is -3.69. The highest BCUT2D eigenvalue weighted by Gasteiger charge is 2.32. The van der Waals surface area contributed by atoms with Crippen LogP contribution in [0.4, 0.5) is 9.52 Å². The fraction of sp³-hybridized carbons (Fsp3) is 0.263. The van der Waals surface area contributed by atoms with Crippen molar-refractivity contribution in [3.05, 3.63) is 52.8 Å². The summed E-state index contributed by atoms with van der Waals surface area (Å²) in [5.74, 6) is -0.920. The lowest BCUT2D eigenvalue weighted by atomic mass is 9.97. The van der Waals surface area contributed by atoms with Gasteiger partial charge in [-0.2, -0.15) is 4.31 Å². The number of halogens is 2. The monoisotopic (exact) mass is 497 g/mol. The highest BCUT2D eigenvalue weighted by molar-refractivity contribution is 9.10. The van der Waals surface area contributed by atoms with Crippen molar-refractivity contribution in [2.24, 2.45) is 5.92 Å². The molecule has 1 fully saturated rings. The molecule has 0 atom stereocenters. The summed E-state index contributed by atoms with van der Waals surface area (Å²) in [4.78, 5) is 17.1. The zero-order valence-corrected chi connectivity index (χ0v) is 18.4. The van der Waals surface area contributed by atoms with Crippen LogP contribution in [-0.2, 0) is 14.8 Å². The minimum absolute atomic E-state index is 0.0578. The molecule has 0 saturated carbocycles. The van der Waals surface area contributed by atoms with Gasteiger partial charge in [0.05, 0.1) is 15.1 Å². The predicted molar refractivity (Wildman–Crippen MR) is 114 cm³/mol. The Morgan fingerprint density at radius 1 is 1.17 bits per heavy atom. The quantitative estimate of drug-likeness (QED) is 0.584. The van der Waals surface area contributed by atoms with E-state index in [4.69, 9.17) is 0 Å². The summed E-state index contributed by atoms with van der Waals surface area (Å²) in [5, 5.41) is 3.39. The standard InChI is InChI=1S/C19H17BrFN3O3S2/c20-13-1-6-16-17(11-13)28-19(22-16)23-18(25)12-7-9-24(10-8-12)29(26,27)15-4-2-14(21)3-5-15/h1-6,11-12H,7-10H2,(H,22,23,25). The molecule has 10 heteroatoms. The van der Waals surface area contributed by atoms with Crippen LogP contribution in [0.1, 0.15) is 12.8 Å². The molecule has 29 heavy (non-hydrogen) atoms. The minimum Gasteiger partial charge on any atom is -0.302 e. The van der Waals surface area contributed by atoms with Crippen LogP contribution in [0.5, 0.6) is 0 Å². The molecule has 6 nitrogen and oxygen atoms in total. The number of carbonyl (C=O) groups is 1. The van der Waals surface area contributed by atoms with Crippen LogP contribution in [0.25, 0.3) is 10.2 Å². The van der Waals surface area contributed by atoms with Crippen LogP contribution in [-0.4, -0.2) is 36.7 Å². The fourth-order valence-electron chi connectivity index (χ4n) is 3.27. The Balaban J connectivity index is 1.39. The van der Waals surface area contributed by atoms with E-state index in [1.165, 1.54) is 27.8 Å². The van der Waals surface area contributed by atoms with Gasteiger partial charge in [0.15, 0.2) is 5.13 Å². The van der Waals surface area contributed by atoms with Crippen molar-refractivity contribution in [1.29, 1.82) is 0 Å². The molecule has 152 valence electrons. The Morgan fingerprint density at radius 3 is 2.55 bits per heavy atom. The summed E-state index contributed by atoms with van der Waals surface area (Å²) in [6.45, 7) is 0.481.